The standard InChI is InChI=1S/C27H22BrClF3NO2/c1-34-24-12-16(11-21(28)26(24)35-14-15-5-2-3-8-22(15)29)25-19-7-4-6-18(19)20-13-17(27(30,31)32)9-10-23(20)33-25/h2-6,8-13,18-19,25,33H,7,14H2,1H3/t18-,19+,25+/m1/s1. The van der Waals surface area contributed by atoms with Gasteiger partial charge in [0.25, 0.3) is 0 Å². The largest absolute Gasteiger partial charge is 0.493 e. The molecular weight excluding hydrogens is 543 g/mol. The van der Waals surface area contributed by atoms with Gasteiger partial charge in [-0.05, 0) is 75.8 Å². The minimum absolute atomic E-state index is 0.0810. The van der Waals surface area contributed by atoms with E-state index < -0.39 is 11.7 Å². The molecule has 0 amide bonds. The lowest BCUT2D eigenvalue weighted by molar-refractivity contribution is -0.137. The van der Waals surface area contributed by atoms with E-state index in [0.29, 0.717) is 27.8 Å². The van der Waals surface area contributed by atoms with Gasteiger partial charge in [-0.1, -0.05) is 42.0 Å². The lowest BCUT2D eigenvalue weighted by atomic mass is 9.76. The molecule has 0 radical (unpaired) electrons. The Morgan fingerprint density at radius 3 is 2.66 bits per heavy atom. The zero-order chi connectivity index (χ0) is 24.7. The number of allylic oxidation sites excluding steroid dienone is 2. The monoisotopic (exact) mass is 563 g/mol. The summed E-state index contributed by atoms with van der Waals surface area (Å²) in [5.41, 5.74) is 2.59. The molecule has 1 aliphatic carbocycles. The van der Waals surface area contributed by atoms with Gasteiger partial charge in [-0.3, -0.25) is 0 Å². The number of fused-ring (bicyclic) bond motifs is 3. The van der Waals surface area contributed by atoms with Crippen LogP contribution in [0.1, 0.15) is 40.6 Å². The van der Waals surface area contributed by atoms with Crippen molar-refractivity contribution in [3.8, 4) is 11.5 Å². The maximum absolute atomic E-state index is 13.3. The second kappa shape index (κ2) is 9.43. The van der Waals surface area contributed by atoms with Crippen molar-refractivity contribution >= 4 is 33.2 Å². The van der Waals surface area contributed by atoms with Crippen LogP contribution in [0, 0.1) is 5.92 Å². The van der Waals surface area contributed by atoms with E-state index in [0.717, 1.165) is 28.1 Å². The minimum Gasteiger partial charge on any atom is -0.493 e. The van der Waals surface area contributed by atoms with Crippen LogP contribution in [-0.2, 0) is 12.8 Å². The average molecular weight is 565 g/mol. The molecule has 0 spiro atoms. The van der Waals surface area contributed by atoms with Crippen LogP contribution in [0.3, 0.4) is 0 Å². The Bertz CT molecular complexity index is 1290. The summed E-state index contributed by atoms with van der Waals surface area (Å²) in [7, 11) is 1.58. The fraction of sp³-hybridized carbons (Fsp3) is 0.259. The predicted octanol–water partition coefficient (Wildman–Crippen LogP) is 8.54. The highest BCUT2D eigenvalue weighted by atomic mass is 79.9. The van der Waals surface area contributed by atoms with Crippen LogP contribution in [0.4, 0.5) is 18.9 Å². The fourth-order valence-electron chi connectivity index (χ4n) is 4.93. The summed E-state index contributed by atoms with van der Waals surface area (Å²) in [5.74, 6) is 1.10. The number of benzene rings is 3. The van der Waals surface area contributed by atoms with Gasteiger partial charge in [-0.2, -0.15) is 13.2 Å². The number of nitrogens with one attached hydrogen (secondary N) is 1. The second-order valence-corrected chi connectivity index (χ2v) is 9.95. The molecule has 8 heteroatoms. The number of methoxy groups -OCH3 is 1. The van der Waals surface area contributed by atoms with Crippen molar-refractivity contribution in [3.63, 3.8) is 0 Å². The summed E-state index contributed by atoms with van der Waals surface area (Å²) in [6, 6.07) is 15.2. The van der Waals surface area contributed by atoms with Gasteiger partial charge in [0.1, 0.15) is 6.61 Å². The number of ether oxygens (including phenoxy) is 2. The Labute approximate surface area is 215 Å². The van der Waals surface area contributed by atoms with Crippen LogP contribution < -0.4 is 14.8 Å². The lowest BCUT2D eigenvalue weighted by Crippen LogP contribution is -2.29. The number of halogens is 5. The van der Waals surface area contributed by atoms with E-state index in [1.54, 1.807) is 7.11 Å². The van der Waals surface area contributed by atoms with Gasteiger partial charge < -0.3 is 14.8 Å². The Hall–Kier alpha value is -2.64. The summed E-state index contributed by atoms with van der Waals surface area (Å²) in [6.45, 7) is 0.277. The minimum atomic E-state index is -4.37. The summed E-state index contributed by atoms with van der Waals surface area (Å²) < 4.78 is 52.4. The lowest BCUT2D eigenvalue weighted by Gasteiger charge is -2.38. The molecule has 3 aromatic carbocycles. The van der Waals surface area contributed by atoms with Crippen molar-refractivity contribution in [2.24, 2.45) is 5.92 Å². The molecule has 2 aliphatic rings. The molecule has 0 saturated heterocycles. The molecule has 0 fully saturated rings. The summed E-state index contributed by atoms with van der Waals surface area (Å²) in [4.78, 5) is 0. The van der Waals surface area contributed by atoms with Gasteiger partial charge in [0, 0.05) is 22.2 Å². The Morgan fingerprint density at radius 1 is 1.11 bits per heavy atom. The molecule has 0 unspecified atom stereocenters. The van der Waals surface area contributed by atoms with Gasteiger partial charge in [0.2, 0.25) is 0 Å². The number of alkyl halides is 3. The Kier molecular flexibility index (Phi) is 6.49. The van der Waals surface area contributed by atoms with Gasteiger partial charge in [-0.25, -0.2) is 0 Å². The maximum atomic E-state index is 13.3. The highest BCUT2D eigenvalue weighted by molar-refractivity contribution is 9.10. The number of anilines is 1. The van der Waals surface area contributed by atoms with Gasteiger partial charge in [-0.15, -0.1) is 0 Å². The van der Waals surface area contributed by atoms with E-state index in [4.69, 9.17) is 21.1 Å². The van der Waals surface area contributed by atoms with Crippen molar-refractivity contribution in [1.29, 1.82) is 0 Å². The summed E-state index contributed by atoms with van der Waals surface area (Å²) in [6.07, 6.45) is 0.460. The molecule has 0 aromatic heterocycles. The van der Waals surface area contributed by atoms with Crippen molar-refractivity contribution < 1.29 is 22.6 Å². The highest BCUT2D eigenvalue weighted by Gasteiger charge is 2.40. The normalized spacial score (nSPS) is 20.7. The highest BCUT2D eigenvalue weighted by Crippen LogP contribution is 2.52. The fourth-order valence-corrected chi connectivity index (χ4v) is 5.69. The Morgan fingerprint density at radius 2 is 1.91 bits per heavy atom. The van der Waals surface area contributed by atoms with E-state index in [9.17, 15) is 13.2 Å². The molecular formula is C27H22BrClF3NO2. The third kappa shape index (κ3) is 4.64. The molecule has 3 aromatic rings. The molecule has 0 bridgehead atoms. The van der Waals surface area contributed by atoms with Crippen LogP contribution in [0.25, 0.3) is 0 Å². The van der Waals surface area contributed by atoms with E-state index in [-0.39, 0.29) is 24.5 Å². The number of rotatable bonds is 5. The van der Waals surface area contributed by atoms with Crippen LogP contribution in [0.2, 0.25) is 5.02 Å². The van der Waals surface area contributed by atoms with Crippen molar-refractivity contribution in [2.45, 2.75) is 31.2 Å². The van der Waals surface area contributed by atoms with E-state index in [2.05, 4.69) is 21.2 Å². The first-order chi connectivity index (χ1) is 16.8. The first kappa shape index (κ1) is 24.1. The summed E-state index contributed by atoms with van der Waals surface area (Å²) >= 11 is 9.89. The molecule has 1 N–H and O–H groups in total. The predicted molar refractivity (Wildman–Crippen MR) is 134 cm³/mol. The quantitative estimate of drug-likeness (QED) is 0.315. The molecule has 0 saturated carbocycles. The number of hydrogen-bond donors (Lipinski definition) is 1. The van der Waals surface area contributed by atoms with Gasteiger partial charge in [0.15, 0.2) is 11.5 Å². The van der Waals surface area contributed by atoms with Gasteiger partial charge >= 0.3 is 6.18 Å². The van der Waals surface area contributed by atoms with E-state index in [1.807, 2.05) is 48.6 Å². The zero-order valence-electron chi connectivity index (χ0n) is 18.7. The molecule has 1 heterocycles. The molecule has 182 valence electrons. The van der Waals surface area contributed by atoms with E-state index in [1.165, 1.54) is 12.1 Å². The zero-order valence-corrected chi connectivity index (χ0v) is 21.0. The first-order valence-electron chi connectivity index (χ1n) is 11.1. The number of hydrogen-bond acceptors (Lipinski definition) is 3. The van der Waals surface area contributed by atoms with Crippen LogP contribution in [-0.4, -0.2) is 7.11 Å². The average Bonchev–Trinajstić information content (AvgIpc) is 3.33. The molecule has 5 rings (SSSR count). The SMILES string of the molecule is COc1cc([C@@H]2Nc3ccc(C(F)(F)F)cc3[C@@H]3C=CC[C@@H]32)cc(Br)c1OCc1ccccc1Cl. The van der Waals surface area contributed by atoms with Crippen molar-refractivity contribution in [3.05, 3.63) is 98.5 Å². The smallest absolute Gasteiger partial charge is 0.416 e. The molecule has 1 aliphatic heterocycles. The topological polar surface area (TPSA) is 30.5 Å². The van der Waals surface area contributed by atoms with Crippen LogP contribution in [0.15, 0.2) is 71.2 Å². The van der Waals surface area contributed by atoms with Gasteiger partial charge in [0.05, 0.1) is 23.2 Å². The Balaban J connectivity index is 1.46. The first-order valence-corrected chi connectivity index (χ1v) is 12.3. The van der Waals surface area contributed by atoms with Crippen LogP contribution >= 0.6 is 27.5 Å². The molecule has 3 nitrogen and oxygen atoms in total. The van der Waals surface area contributed by atoms with Crippen LogP contribution in [0.5, 0.6) is 11.5 Å². The third-order valence-electron chi connectivity index (χ3n) is 6.63. The third-order valence-corrected chi connectivity index (χ3v) is 7.59. The van der Waals surface area contributed by atoms with Crippen molar-refractivity contribution in [2.75, 3.05) is 12.4 Å². The van der Waals surface area contributed by atoms with Crippen molar-refractivity contribution in [1.82, 2.24) is 0 Å². The molecule has 3 atom stereocenters. The molecule has 35 heavy (non-hydrogen) atoms. The summed E-state index contributed by atoms with van der Waals surface area (Å²) in [5, 5.41) is 4.11. The maximum Gasteiger partial charge on any atom is 0.416 e. The van der Waals surface area contributed by atoms with E-state index >= 15 is 0 Å². The second-order valence-electron chi connectivity index (χ2n) is 8.69.